The summed E-state index contributed by atoms with van der Waals surface area (Å²) >= 11 is 0. The van der Waals surface area contributed by atoms with Crippen LogP contribution in [0.2, 0.25) is 0 Å². The Labute approximate surface area is 172 Å². The first kappa shape index (κ1) is 29.1. The van der Waals surface area contributed by atoms with Gasteiger partial charge < -0.3 is 5.11 Å². The van der Waals surface area contributed by atoms with Crippen LogP contribution in [0.25, 0.3) is 0 Å². The fourth-order valence-electron chi connectivity index (χ4n) is 3.48. The summed E-state index contributed by atoms with van der Waals surface area (Å²) < 4.78 is 0. The molecule has 0 aromatic carbocycles. The first-order valence-electron chi connectivity index (χ1n) is 12.0. The first-order chi connectivity index (χ1) is 12.7. The predicted molar refractivity (Wildman–Crippen MR) is 128 cm³/mol. The quantitative estimate of drug-likeness (QED) is 0.208. The van der Waals surface area contributed by atoms with E-state index in [1.54, 1.807) is 38.5 Å². The van der Waals surface area contributed by atoms with Crippen LogP contribution in [0, 0.1) is 5.41 Å². The minimum absolute atomic E-state index is 0.542. The molecule has 0 saturated carbocycles. The second kappa shape index (κ2) is 18.0. The zero-order valence-corrected chi connectivity index (χ0v) is 21.0. The van der Waals surface area contributed by atoms with Crippen molar-refractivity contribution in [2.24, 2.45) is 5.41 Å². The Morgan fingerprint density at radius 1 is 0.667 bits per heavy atom. The number of unbranched alkanes of at least 4 members (excludes halogenated alkanes) is 6. The van der Waals surface area contributed by atoms with Crippen molar-refractivity contribution in [1.82, 2.24) is 0 Å². The molecule has 3 heteroatoms. The third kappa shape index (κ3) is 15.5. The van der Waals surface area contributed by atoms with Crippen LogP contribution in [0.4, 0.5) is 0 Å². The fraction of sp³-hybridized carbons (Fsp3) is 0.958. The molecule has 0 unspecified atom stereocenters. The van der Waals surface area contributed by atoms with Gasteiger partial charge in [-0.2, -0.15) is 0 Å². The molecular weight excluding hydrogens is 351 g/mol. The molecule has 0 heterocycles. The van der Waals surface area contributed by atoms with Gasteiger partial charge in [-0.05, 0) is 20.3 Å². The van der Waals surface area contributed by atoms with Crippen LogP contribution in [0.15, 0.2) is 0 Å². The Hall–Kier alpha value is -0.100. The molecule has 2 nitrogen and oxygen atoms in total. The summed E-state index contributed by atoms with van der Waals surface area (Å²) in [4.78, 5) is 10.3. The molecule has 0 spiro atoms. The van der Waals surface area contributed by atoms with Gasteiger partial charge in [-0.15, -0.1) is 0 Å². The van der Waals surface area contributed by atoms with Crippen LogP contribution >= 0.6 is 7.26 Å². The van der Waals surface area contributed by atoms with Crippen LogP contribution in [-0.4, -0.2) is 35.7 Å². The van der Waals surface area contributed by atoms with E-state index in [4.69, 9.17) is 5.11 Å². The molecule has 0 radical (unpaired) electrons. The molecule has 0 bridgehead atoms. The molecule has 0 aromatic heterocycles. The fourth-order valence-corrected chi connectivity index (χ4v) is 9.29. The molecule has 0 atom stereocenters. The van der Waals surface area contributed by atoms with Crippen molar-refractivity contribution < 1.29 is 9.90 Å². The number of carboxylic acids is 1. The summed E-state index contributed by atoms with van der Waals surface area (Å²) in [5, 5.41) is 8.44. The number of rotatable bonds is 16. The van der Waals surface area contributed by atoms with E-state index in [9.17, 15) is 4.79 Å². The van der Waals surface area contributed by atoms with Gasteiger partial charge in [0, 0.05) is 0 Å². The number of aliphatic carboxylic acids is 1. The van der Waals surface area contributed by atoms with Crippen LogP contribution < -0.4 is 0 Å². The van der Waals surface area contributed by atoms with E-state index < -0.39 is 18.6 Å². The predicted octanol–water partition coefficient (Wildman–Crippen LogP) is 8.22. The molecule has 0 rings (SSSR count). The normalized spacial score (nSPS) is 12.4. The van der Waals surface area contributed by atoms with E-state index in [-0.39, 0.29) is 0 Å². The monoisotopic (exact) mass is 404 g/mol. The molecular formula is C24H53O2P. The Morgan fingerprint density at radius 2 is 1.04 bits per heavy atom. The molecule has 0 fully saturated rings. The second-order valence-electron chi connectivity index (χ2n) is 9.16. The van der Waals surface area contributed by atoms with Crippen molar-refractivity contribution in [3.63, 3.8) is 0 Å². The SMILES string of the molecule is CCC(C)(C)C(=O)O.CCCCCC[PH](CCCC)(CCCC)CCCC. The van der Waals surface area contributed by atoms with Gasteiger partial charge >= 0.3 is 130 Å². The molecule has 0 aromatic rings. The number of hydrogen-bond donors (Lipinski definition) is 1. The van der Waals surface area contributed by atoms with Crippen molar-refractivity contribution in [1.29, 1.82) is 0 Å². The molecule has 166 valence electrons. The topological polar surface area (TPSA) is 37.3 Å². The maximum absolute atomic E-state index is 10.3. The molecule has 0 amide bonds. The average molecular weight is 405 g/mol. The summed E-state index contributed by atoms with van der Waals surface area (Å²) in [7, 11) is -0.908. The van der Waals surface area contributed by atoms with Gasteiger partial charge in [0.25, 0.3) is 0 Å². The zero-order chi connectivity index (χ0) is 21.2. The van der Waals surface area contributed by atoms with E-state index in [0.29, 0.717) is 6.42 Å². The van der Waals surface area contributed by atoms with E-state index >= 15 is 0 Å². The molecule has 0 aliphatic rings. The van der Waals surface area contributed by atoms with Crippen molar-refractivity contribution >= 4 is 13.2 Å². The molecule has 0 aliphatic carbocycles. The van der Waals surface area contributed by atoms with E-state index in [0.717, 1.165) is 0 Å². The minimum atomic E-state index is -0.908. The molecule has 0 aliphatic heterocycles. The Bertz CT molecular complexity index is 317. The molecule has 1 N–H and O–H groups in total. The van der Waals surface area contributed by atoms with E-state index in [1.165, 1.54) is 64.2 Å². The van der Waals surface area contributed by atoms with Crippen molar-refractivity contribution in [2.75, 3.05) is 24.6 Å². The Kier molecular flexibility index (Phi) is 19.4. The first-order valence-corrected chi connectivity index (χ1v) is 14.8. The number of carboxylic acid groups (broad SMARTS) is 1. The third-order valence-corrected chi connectivity index (χ3v) is 11.9. The number of carbonyl (C=O) groups is 1. The van der Waals surface area contributed by atoms with Gasteiger partial charge in [-0.25, -0.2) is 0 Å². The van der Waals surface area contributed by atoms with Gasteiger partial charge in [0.05, 0.1) is 5.41 Å². The summed E-state index contributed by atoms with van der Waals surface area (Å²) in [6.07, 6.45) is 21.8. The summed E-state index contributed by atoms with van der Waals surface area (Å²) in [6, 6.07) is 0. The Morgan fingerprint density at radius 3 is 1.30 bits per heavy atom. The van der Waals surface area contributed by atoms with Crippen LogP contribution in [0.1, 0.15) is 119 Å². The van der Waals surface area contributed by atoms with Crippen molar-refractivity contribution in [3.8, 4) is 0 Å². The van der Waals surface area contributed by atoms with Crippen molar-refractivity contribution in [2.45, 2.75) is 119 Å². The maximum atomic E-state index is 10.3. The van der Waals surface area contributed by atoms with Crippen LogP contribution in [0.3, 0.4) is 0 Å². The summed E-state index contributed by atoms with van der Waals surface area (Å²) in [6.45, 7) is 14.7. The van der Waals surface area contributed by atoms with Crippen molar-refractivity contribution in [3.05, 3.63) is 0 Å². The Balaban J connectivity index is 0. The van der Waals surface area contributed by atoms with E-state index in [2.05, 4.69) is 27.7 Å². The average Bonchev–Trinajstić information content (AvgIpc) is 2.66. The van der Waals surface area contributed by atoms with Gasteiger partial charge in [0.2, 0.25) is 0 Å². The summed E-state index contributed by atoms with van der Waals surface area (Å²) in [5.41, 5.74) is -0.542. The van der Waals surface area contributed by atoms with Gasteiger partial charge in [-0.3, -0.25) is 4.79 Å². The van der Waals surface area contributed by atoms with E-state index in [1.807, 2.05) is 6.92 Å². The van der Waals surface area contributed by atoms with Gasteiger partial charge in [-0.1, -0.05) is 6.92 Å². The van der Waals surface area contributed by atoms with Crippen LogP contribution in [-0.2, 0) is 4.79 Å². The van der Waals surface area contributed by atoms with Gasteiger partial charge in [0.1, 0.15) is 0 Å². The molecule has 0 saturated heterocycles. The zero-order valence-electron chi connectivity index (χ0n) is 20.0. The molecule has 27 heavy (non-hydrogen) atoms. The third-order valence-electron chi connectivity index (χ3n) is 6.21. The number of hydrogen-bond acceptors (Lipinski definition) is 1. The summed E-state index contributed by atoms with van der Waals surface area (Å²) in [5.74, 6) is -0.722. The van der Waals surface area contributed by atoms with Crippen LogP contribution in [0.5, 0.6) is 0 Å². The van der Waals surface area contributed by atoms with Gasteiger partial charge in [0.15, 0.2) is 0 Å². The second-order valence-corrected chi connectivity index (χ2v) is 14.2. The standard InChI is InChI=1S/C18H41P.C6H12O2/c1-5-9-13-14-18-19(15-10-6-2,16-11-7-3)17-12-8-4;1-4-6(2,3)5(7)8/h19H,5-18H2,1-4H3;4H2,1-3H3,(H,7,8).